The predicted molar refractivity (Wildman–Crippen MR) is 133 cm³/mol. The number of carbonyl (C=O) groups is 1. The van der Waals surface area contributed by atoms with Gasteiger partial charge in [0.2, 0.25) is 0 Å². The molecule has 0 aliphatic rings. The first-order valence-corrected chi connectivity index (χ1v) is 11.5. The summed E-state index contributed by atoms with van der Waals surface area (Å²) in [6.45, 7) is 4.05. The monoisotopic (exact) mass is 487 g/mol. The molecule has 1 unspecified atom stereocenters. The molecule has 0 N–H and O–H groups in total. The van der Waals surface area contributed by atoms with E-state index in [0.29, 0.717) is 34.9 Å². The van der Waals surface area contributed by atoms with Crippen LogP contribution in [-0.4, -0.2) is 34.3 Å². The van der Waals surface area contributed by atoms with Crippen LogP contribution in [0.1, 0.15) is 37.3 Å². The van der Waals surface area contributed by atoms with Crippen molar-refractivity contribution in [2.45, 2.75) is 32.8 Å². The summed E-state index contributed by atoms with van der Waals surface area (Å²) >= 11 is 0. The van der Waals surface area contributed by atoms with Gasteiger partial charge in [0.15, 0.2) is 5.65 Å². The van der Waals surface area contributed by atoms with Crippen LogP contribution in [0, 0.1) is 17.7 Å². The first-order valence-electron chi connectivity index (χ1n) is 11.5. The van der Waals surface area contributed by atoms with E-state index in [9.17, 15) is 9.18 Å². The number of halogens is 1. The molecule has 0 saturated carbocycles. The molecule has 4 aromatic rings. The van der Waals surface area contributed by atoms with Crippen molar-refractivity contribution >= 4 is 11.6 Å². The minimum atomic E-state index is -0.370. The summed E-state index contributed by atoms with van der Waals surface area (Å²) in [5, 5.41) is 4.22. The lowest BCUT2D eigenvalue weighted by atomic mass is 9.96. The zero-order valence-corrected chi connectivity index (χ0v) is 20.3. The molecule has 0 radical (unpaired) electrons. The molecule has 0 spiro atoms. The van der Waals surface area contributed by atoms with Gasteiger partial charge >= 0.3 is 5.97 Å². The lowest BCUT2D eigenvalue weighted by Crippen LogP contribution is -2.09. The average Bonchev–Trinajstić information content (AvgIpc) is 3.37. The number of pyridine rings is 1. The van der Waals surface area contributed by atoms with Crippen molar-refractivity contribution in [2.24, 2.45) is 0 Å². The molecule has 0 saturated heterocycles. The fourth-order valence-corrected chi connectivity index (χ4v) is 3.87. The van der Waals surface area contributed by atoms with Crippen LogP contribution in [0.5, 0.6) is 11.5 Å². The largest absolute Gasteiger partial charge is 0.497 e. The van der Waals surface area contributed by atoms with Gasteiger partial charge in [-0.25, -0.2) is 13.9 Å². The molecule has 0 amide bonds. The zero-order valence-electron chi connectivity index (χ0n) is 20.3. The highest BCUT2D eigenvalue weighted by molar-refractivity contribution is 5.71. The third-order valence-electron chi connectivity index (χ3n) is 5.61. The quantitative estimate of drug-likeness (QED) is 0.239. The third-order valence-corrected chi connectivity index (χ3v) is 5.61. The topological polar surface area (TPSA) is 75.0 Å². The van der Waals surface area contributed by atoms with Crippen molar-refractivity contribution in [3.63, 3.8) is 0 Å². The summed E-state index contributed by atoms with van der Waals surface area (Å²) in [7, 11) is 1.54. The number of aromatic nitrogens is 3. The number of benzene rings is 2. The van der Waals surface area contributed by atoms with E-state index in [0.717, 1.165) is 11.1 Å². The summed E-state index contributed by atoms with van der Waals surface area (Å²) < 4.78 is 32.6. The Bertz CT molecular complexity index is 1420. The van der Waals surface area contributed by atoms with Crippen LogP contribution in [0.2, 0.25) is 0 Å². The molecule has 0 aliphatic heterocycles. The van der Waals surface area contributed by atoms with E-state index in [2.05, 4.69) is 21.9 Å². The second kappa shape index (κ2) is 11.4. The van der Waals surface area contributed by atoms with Gasteiger partial charge in [-0.15, -0.1) is 5.92 Å². The van der Waals surface area contributed by atoms with Crippen LogP contribution in [0.4, 0.5) is 4.39 Å². The Morgan fingerprint density at radius 3 is 2.64 bits per heavy atom. The first-order chi connectivity index (χ1) is 17.5. The van der Waals surface area contributed by atoms with Gasteiger partial charge in [0.25, 0.3) is 0 Å². The predicted octanol–water partition coefficient (Wildman–Crippen LogP) is 5.18. The molecule has 184 valence electrons. The number of nitrogens with zero attached hydrogens (tertiary/aromatic N) is 3. The number of rotatable bonds is 9. The molecular weight excluding hydrogens is 461 g/mol. The van der Waals surface area contributed by atoms with Crippen molar-refractivity contribution in [1.29, 1.82) is 0 Å². The van der Waals surface area contributed by atoms with Gasteiger partial charge in [-0.1, -0.05) is 18.1 Å². The van der Waals surface area contributed by atoms with Crippen LogP contribution >= 0.6 is 0 Å². The van der Waals surface area contributed by atoms with Crippen LogP contribution in [0.3, 0.4) is 0 Å². The Labute approximate surface area is 208 Å². The van der Waals surface area contributed by atoms with Crippen molar-refractivity contribution < 1.29 is 23.4 Å². The van der Waals surface area contributed by atoms with Gasteiger partial charge in [0, 0.05) is 22.9 Å². The van der Waals surface area contributed by atoms with Gasteiger partial charge in [0.1, 0.15) is 30.3 Å². The van der Waals surface area contributed by atoms with Gasteiger partial charge in [-0.05, 0) is 55.8 Å². The Hall–Kier alpha value is -4.38. The standard InChI is InChI=1S/C28H26FN3O4/c1-4-6-20(14-27(33)35-5-2)19-7-9-23(10-8-19)36-17-22-13-21(16-32-28(22)30-18-31-32)25-15-24(34-3)11-12-26(25)29/h7-13,15-16,18,20H,5,14,17H2,1-3H3. The maximum absolute atomic E-state index is 14.6. The second-order valence-corrected chi connectivity index (χ2v) is 7.94. The third kappa shape index (κ3) is 5.63. The molecule has 2 aromatic heterocycles. The van der Waals surface area contributed by atoms with Crippen LogP contribution in [-0.2, 0) is 16.1 Å². The molecule has 4 rings (SSSR count). The molecule has 8 heteroatoms. The van der Waals surface area contributed by atoms with E-state index in [4.69, 9.17) is 14.2 Å². The molecule has 0 bridgehead atoms. The van der Waals surface area contributed by atoms with Crippen molar-refractivity contribution in [3.05, 3.63) is 78.0 Å². The van der Waals surface area contributed by atoms with E-state index < -0.39 is 0 Å². The summed E-state index contributed by atoms with van der Waals surface area (Å²) in [6, 6.07) is 13.9. The highest BCUT2D eigenvalue weighted by Crippen LogP contribution is 2.29. The second-order valence-electron chi connectivity index (χ2n) is 7.94. The Morgan fingerprint density at radius 1 is 1.14 bits per heavy atom. The molecule has 2 heterocycles. The molecule has 7 nitrogen and oxygen atoms in total. The molecule has 0 fully saturated rings. The number of esters is 1. The number of carbonyl (C=O) groups excluding carboxylic acids is 1. The summed E-state index contributed by atoms with van der Waals surface area (Å²) in [5.74, 6) is 6.23. The van der Waals surface area contributed by atoms with Gasteiger partial charge in [0.05, 0.1) is 26.1 Å². The fraction of sp³-hybridized carbons (Fsp3) is 0.250. The highest BCUT2D eigenvalue weighted by atomic mass is 19.1. The maximum atomic E-state index is 14.6. The Morgan fingerprint density at radius 2 is 1.92 bits per heavy atom. The van der Waals surface area contributed by atoms with Crippen molar-refractivity contribution in [3.8, 4) is 34.5 Å². The minimum Gasteiger partial charge on any atom is -0.497 e. The summed E-state index contributed by atoms with van der Waals surface area (Å²) in [5.41, 5.74) is 3.28. The Balaban J connectivity index is 1.55. The lowest BCUT2D eigenvalue weighted by Gasteiger charge is -2.13. The van der Waals surface area contributed by atoms with Crippen LogP contribution in [0.25, 0.3) is 16.8 Å². The van der Waals surface area contributed by atoms with Gasteiger partial charge in [-0.3, -0.25) is 4.79 Å². The highest BCUT2D eigenvalue weighted by Gasteiger charge is 2.16. The number of hydrogen-bond acceptors (Lipinski definition) is 6. The molecule has 36 heavy (non-hydrogen) atoms. The smallest absolute Gasteiger partial charge is 0.307 e. The van der Waals surface area contributed by atoms with Crippen molar-refractivity contribution in [1.82, 2.24) is 14.6 Å². The summed E-state index contributed by atoms with van der Waals surface area (Å²) in [4.78, 5) is 16.3. The average molecular weight is 488 g/mol. The fourth-order valence-electron chi connectivity index (χ4n) is 3.87. The SMILES string of the molecule is CC#CC(CC(=O)OCC)c1ccc(OCc2cc(-c3cc(OC)ccc3F)cn3ncnc23)cc1. The van der Waals surface area contributed by atoms with Gasteiger partial charge in [-0.2, -0.15) is 5.10 Å². The van der Waals surface area contributed by atoms with E-state index in [-0.39, 0.29) is 30.7 Å². The molecular formula is C28H26FN3O4. The lowest BCUT2D eigenvalue weighted by molar-refractivity contribution is -0.143. The minimum absolute atomic E-state index is 0.188. The van der Waals surface area contributed by atoms with E-state index in [1.165, 1.54) is 19.5 Å². The molecule has 2 aromatic carbocycles. The number of methoxy groups -OCH3 is 1. The van der Waals surface area contributed by atoms with Crippen LogP contribution < -0.4 is 9.47 Å². The number of hydrogen-bond donors (Lipinski definition) is 0. The van der Waals surface area contributed by atoms with Gasteiger partial charge < -0.3 is 14.2 Å². The normalized spacial score (nSPS) is 11.4. The first kappa shape index (κ1) is 24.7. The van der Waals surface area contributed by atoms with E-state index in [1.54, 1.807) is 36.7 Å². The molecule has 1 atom stereocenters. The Kier molecular flexibility index (Phi) is 7.81. The van der Waals surface area contributed by atoms with Crippen molar-refractivity contribution in [2.75, 3.05) is 13.7 Å². The maximum Gasteiger partial charge on any atom is 0.307 e. The van der Waals surface area contributed by atoms with E-state index >= 15 is 0 Å². The zero-order chi connectivity index (χ0) is 25.5. The van der Waals surface area contributed by atoms with E-state index in [1.807, 2.05) is 30.3 Å². The van der Waals surface area contributed by atoms with Crippen LogP contribution in [0.15, 0.2) is 61.1 Å². The number of ether oxygens (including phenoxy) is 3. The summed E-state index contributed by atoms with van der Waals surface area (Å²) in [6.07, 6.45) is 3.35. The molecule has 0 aliphatic carbocycles. The number of fused-ring (bicyclic) bond motifs is 1.